The van der Waals surface area contributed by atoms with Gasteiger partial charge in [0.2, 0.25) is 0 Å². The molecule has 0 radical (unpaired) electrons. The van der Waals surface area contributed by atoms with Gasteiger partial charge in [0.1, 0.15) is 0 Å². The standard InChI is InChI=1S/C54H30N4/c1-3-14-31(15-4-1)55-44-25-12-9-20-38(44)49-48(55)29-41-40-28-39-36-22-13-21-35-33-18-8-11-24-43(33)57(52(35)36)46(39)30-47(40)58-45-27-26-37-34-19-7-10-23-42(34)56(32-16-5-2-6-17-32)53(37)50(45)51(49)54(41)58/h1-30H/i1D,2D,3D,4D,5D,6D,14D,15D,16D,17D. The van der Waals surface area contributed by atoms with Crippen molar-refractivity contribution in [2.24, 2.45) is 0 Å². The molecule has 0 fully saturated rings. The maximum absolute atomic E-state index is 9.34. The van der Waals surface area contributed by atoms with E-state index in [0.29, 0.717) is 22.1 Å². The van der Waals surface area contributed by atoms with Crippen molar-refractivity contribution in [2.45, 2.75) is 0 Å². The molecule has 266 valence electrons. The van der Waals surface area contributed by atoms with Crippen molar-refractivity contribution in [3.8, 4) is 11.4 Å². The Morgan fingerprint density at radius 3 is 1.59 bits per heavy atom. The molecule has 6 aromatic heterocycles. The second-order valence-corrected chi connectivity index (χ2v) is 15.3. The molecular formula is C54H30N4. The average molecular weight is 745 g/mol. The maximum atomic E-state index is 9.34. The Kier molecular flexibility index (Phi) is 3.85. The minimum absolute atomic E-state index is 0.0287. The van der Waals surface area contributed by atoms with E-state index in [1.807, 2.05) is 53.1 Å². The van der Waals surface area contributed by atoms with Gasteiger partial charge in [-0.05, 0) is 66.6 Å². The molecule has 0 N–H and O–H groups in total. The van der Waals surface area contributed by atoms with Crippen LogP contribution in [0.5, 0.6) is 0 Å². The molecule has 15 rings (SSSR count). The number of hydrogen-bond donors (Lipinski definition) is 0. The van der Waals surface area contributed by atoms with E-state index in [1.54, 1.807) is 4.57 Å². The molecule has 0 saturated carbocycles. The number of benzene rings is 9. The Morgan fingerprint density at radius 1 is 0.293 bits per heavy atom. The van der Waals surface area contributed by atoms with Crippen LogP contribution in [0, 0.1) is 0 Å². The number of para-hydroxylation sites is 6. The zero-order valence-electron chi connectivity index (χ0n) is 40.3. The van der Waals surface area contributed by atoms with Crippen molar-refractivity contribution in [1.29, 1.82) is 0 Å². The molecule has 4 nitrogen and oxygen atoms in total. The summed E-state index contributed by atoms with van der Waals surface area (Å²) in [4.78, 5) is 0. The fourth-order valence-corrected chi connectivity index (χ4v) is 10.7. The summed E-state index contributed by atoms with van der Waals surface area (Å²) in [5.41, 5.74) is 8.57. The van der Waals surface area contributed by atoms with E-state index in [1.165, 1.54) is 5.39 Å². The van der Waals surface area contributed by atoms with Crippen LogP contribution in [-0.4, -0.2) is 17.9 Å². The number of aromatic nitrogens is 4. The number of nitrogens with zero attached hydrogens (tertiary/aromatic N) is 4. The van der Waals surface area contributed by atoms with Gasteiger partial charge < -0.3 is 17.9 Å². The van der Waals surface area contributed by atoms with Gasteiger partial charge in [0.15, 0.2) is 0 Å². The molecule has 58 heavy (non-hydrogen) atoms. The smallest absolute Gasteiger partial charge is 0.0645 e. The van der Waals surface area contributed by atoms with Gasteiger partial charge in [0, 0.05) is 76.0 Å². The van der Waals surface area contributed by atoms with Crippen LogP contribution < -0.4 is 0 Å². The quantitative estimate of drug-likeness (QED) is 0.168. The van der Waals surface area contributed by atoms with Crippen LogP contribution in [0.2, 0.25) is 0 Å². The van der Waals surface area contributed by atoms with Gasteiger partial charge in [0.05, 0.1) is 68.9 Å². The van der Waals surface area contributed by atoms with E-state index in [4.69, 9.17) is 8.22 Å². The molecule has 0 unspecified atom stereocenters. The van der Waals surface area contributed by atoms with Gasteiger partial charge in [-0.15, -0.1) is 0 Å². The van der Waals surface area contributed by atoms with Crippen LogP contribution in [0.25, 0.3) is 131 Å². The van der Waals surface area contributed by atoms with Gasteiger partial charge in [-0.1, -0.05) is 115 Å². The average Bonchev–Trinajstić information content (AvgIpc) is 4.19. The zero-order valence-corrected chi connectivity index (χ0v) is 30.3. The second kappa shape index (κ2) is 10.1. The summed E-state index contributed by atoms with van der Waals surface area (Å²) in [6.45, 7) is 0. The van der Waals surface area contributed by atoms with E-state index < -0.39 is 36.3 Å². The summed E-state index contributed by atoms with van der Waals surface area (Å²) in [5, 5.41) is 11.2. The highest BCUT2D eigenvalue weighted by Crippen LogP contribution is 2.51. The second-order valence-electron chi connectivity index (χ2n) is 15.3. The summed E-state index contributed by atoms with van der Waals surface area (Å²) in [6.07, 6.45) is 0. The molecule has 4 heteroatoms. The first-order valence-electron chi connectivity index (χ1n) is 24.3. The highest BCUT2D eigenvalue weighted by molar-refractivity contribution is 6.40. The fourth-order valence-electron chi connectivity index (χ4n) is 10.7. The summed E-state index contributed by atoms with van der Waals surface area (Å²) >= 11 is 0. The monoisotopic (exact) mass is 744 g/mol. The van der Waals surface area contributed by atoms with Crippen molar-refractivity contribution in [3.05, 3.63) is 182 Å². The highest BCUT2D eigenvalue weighted by Gasteiger charge is 2.28. The molecule has 0 bridgehead atoms. The van der Waals surface area contributed by atoms with E-state index in [2.05, 4.69) is 81.6 Å². The van der Waals surface area contributed by atoms with Gasteiger partial charge in [-0.3, -0.25) is 0 Å². The van der Waals surface area contributed by atoms with Crippen molar-refractivity contribution in [3.63, 3.8) is 0 Å². The maximum Gasteiger partial charge on any atom is 0.0645 e. The Labute approximate surface area is 343 Å². The minimum Gasteiger partial charge on any atom is -0.309 e. The molecule has 0 spiro atoms. The Bertz CT molecular complexity index is 4810. The third-order valence-electron chi connectivity index (χ3n) is 12.8. The molecule has 0 aliphatic carbocycles. The first-order chi connectivity index (χ1) is 33.0. The first-order valence-corrected chi connectivity index (χ1v) is 19.3. The van der Waals surface area contributed by atoms with Gasteiger partial charge in [0.25, 0.3) is 0 Å². The normalized spacial score (nSPS) is 15.2. The lowest BCUT2D eigenvalue weighted by Crippen LogP contribution is -1.94. The summed E-state index contributed by atoms with van der Waals surface area (Å²) in [7, 11) is 0. The molecule has 0 amide bonds. The molecule has 0 saturated heterocycles. The summed E-state index contributed by atoms with van der Waals surface area (Å²) in [6, 6.07) is 37.1. The van der Waals surface area contributed by atoms with E-state index >= 15 is 0 Å². The Balaban J connectivity index is 1.26. The lowest BCUT2D eigenvalue weighted by Gasteiger charge is -2.10. The summed E-state index contributed by atoms with van der Waals surface area (Å²) in [5.74, 6) is 0. The number of rotatable bonds is 2. The van der Waals surface area contributed by atoms with Crippen molar-refractivity contribution >= 4 is 120 Å². The molecule has 15 aromatic rings. The Hall–Kier alpha value is -7.82. The van der Waals surface area contributed by atoms with Crippen LogP contribution >= 0.6 is 0 Å². The van der Waals surface area contributed by atoms with E-state index in [9.17, 15) is 5.48 Å². The lowest BCUT2D eigenvalue weighted by molar-refractivity contribution is 1.18. The molecule has 0 aliphatic heterocycles. The molecular weight excluding hydrogens is 705 g/mol. The topological polar surface area (TPSA) is 18.7 Å². The van der Waals surface area contributed by atoms with E-state index in [-0.39, 0.29) is 35.5 Å². The molecule has 0 aliphatic rings. The van der Waals surface area contributed by atoms with Gasteiger partial charge in [-0.2, -0.15) is 0 Å². The number of hydrogen-bond acceptors (Lipinski definition) is 0. The first kappa shape index (κ1) is 22.1. The highest BCUT2D eigenvalue weighted by atomic mass is 15.0. The zero-order chi connectivity index (χ0) is 46.1. The lowest BCUT2D eigenvalue weighted by atomic mass is 9.99. The van der Waals surface area contributed by atoms with Crippen LogP contribution in [0.1, 0.15) is 13.7 Å². The van der Waals surface area contributed by atoms with Crippen molar-refractivity contribution < 1.29 is 13.7 Å². The predicted molar refractivity (Wildman–Crippen MR) is 244 cm³/mol. The van der Waals surface area contributed by atoms with Crippen molar-refractivity contribution in [1.82, 2.24) is 17.9 Å². The fraction of sp³-hybridized carbons (Fsp3) is 0. The number of fused-ring (bicyclic) bond motifs is 20. The largest absolute Gasteiger partial charge is 0.309 e. The molecule has 6 heterocycles. The van der Waals surface area contributed by atoms with Crippen LogP contribution in [0.3, 0.4) is 0 Å². The van der Waals surface area contributed by atoms with E-state index in [0.717, 1.165) is 92.3 Å². The third kappa shape index (κ3) is 3.30. The summed E-state index contributed by atoms with van der Waals surface area (Å²) < 4.78 is 97.8. The van der Waals surface area contributed by atoms with Gasteiger partial charge in [-0.25, -0.2) is 0 Å². The van der Waals surface area contributed by atoms with Crippen LogP contribution in [0.4, 0.5) is 0 Å². The SMILES string of the molecule is [2H]c1c([2H])c([2H])c(-n2c3ccccc3c3c4c5c6c(ccc5n5c7cc8c(cc7c(cc32)c45)c2cccc3c4ccccc4n8c32)c2ccccc2n6-c2c([2H])c([2H])c([2H])c([2H])c2[2H])c([2H])c1[2H]. The third-order valence-corrected chi connectivity index (χ3v) is 12.8. The predicted octanol–water partition coefficient (Wildman–Crippen LogP) is 14.2. The molecule has 0 atom stereocenters. The van der Waals surface area contributed by atoms with Gasteiger partial charge >= 0.3 is 0 Å². The van der Waals surface area contributed by atoms with Crippen molar-refractivity contribution in [2.75, 3.05) is 0 Å². The minimum atomic E-state index is -0.480. The molecule has 9 aromatic carbocycles. The van der Waals surface area contributed by atoms with Crippen LogP contribution in [-0.2, 0) is 0 Å². The Morgan fingerprint density at radius 2 is 0.845 bits per heavy atom. The van der Waals surface area contributed by atoms with Crippen LogP contribution in [0.15, 0.2) is 182 Å².